The highest BCUT2D eigenvalue weighted by Crippen LogP contribution is 2.37. The highest BCUT2D eigenvalue weighted by atomic mass is 32.2. The topological polar surface area (TPSA) is 76.1 Å². The van der Waals surface area contributed by atoms with Crippen LogP contribution in [-0.2, 0) is 9.59 Å². The fourth-order valence-corrected chi connectivity index (χ4v) is 3.49. The summed E-state index contributed by atoms with van der Waals surface area (Å²) in [5.74, 6) is -0.537. The number of thioether (sulfide) groups is 1. The third-order valence-corrected chi connectivity index (χ3v) is 4.50. The zero-order chi connectivity index (χ0) is 17.7. The maximum atomic E-state index is 12.3. The molecule has 0 bridgehead atoms. The molecular formula is C16H17NO5S2. The predicted molar refractivity (Wildman–Crippen MR) is 96.3 cm³/mol. The van der Waals surface area contributed by atoms with Crippen LogP contribution < -0.4 is 9.47 Å². The van der Waals surface area contributed by atoms with Crippen LogP contribution in [0.25, 0.3) is 6.08 Å². The first kappa shape index (κ1) is 18.3. The maximum Gasteiger partial charge on any atom is 0.341 e. The molecule has 1 aliphatic rings. The minimum atomic E-state index is -1.09. The number of para-hydroxylation sites is 1. The summed E-state index contributed by atoms with van der Waals surface area (Å²) in [6.07, 6.45) is 1.65. The molecule has 1 amide bonds. The second-order valence-corrected chi connectivity index (χ2v) is 6.39. The lowest BCUT2D eigenvalue weighted by Crippen LogP contribution is -2.27. The fourth-order valence-electron chi connectivity index (χ4n) is 2.12. The molecule has 0 atom stereocenters. The number of carboxylic acid groups (broad SMARTS) is 1. The summed E-state index contributed by atoms with van der Waals surface area (Å²) in [7, 11) is 0. The number of carbonyl (C=O) groups is 2. The molecule has 0 aliphatic carbocycles. The average molecular weight is 367 g/mol. The van der Waals surface area contributed by atoms with E-state index in [-0.39, 0.29) is 5.91 Å². The van der Waals surface area contributed by atoms with E-state index < -0.39 is 12.6 Å². The summed E-state index contributed by atoms with van der Waals surface area (Å²) in [5.41, 5.74) is 0.568. The van der Waals surface area contributed by atoms with E-state index in [1.807, 2.05) is 13.8 Å². The highest BCUT2D eigenvalue weighted by molar-refractivity contribution is 8.26. The van der Waals surface area contributed by atoms with Crippen LogP contribution in [0.3, 0.4) is 0 Å². The van der Waals surface area contributed by atoms with Crippen molar-refractivity contribution in [3.63, 3.8) is 0 Å². The van der Waals surface area contributed by atoms with Gasteiger partial charge in [0, 0.05) is 12.1 Å². The van der Waals surface area contributed by atoms with Gasteiger partial charge in [-0.25, -0.2) is 4.79 Å². The molecule has 2 rings (SSSR count). The fraction of sp³-hybridized carbons (Fsp3) is 0.312. The van der Waals surface area contributed by atoms with Crippen molar-refractivity contribution in [1.82, 2.24) is 4.90 Å². The van der Waals surface area contributed by atoms with Crippen LogP contribution in [0.5, 0.6) is 11.5 Å². The Morgan fingerprint density at radius 1 is 1.38 bits per heavy atom. The number of hydrogen-bond donors (Lipinski definition) is 1. The number of aliphatic carboxylic acids is 1. The van der Waals surface area contributed by atoms with Gasteiger partial charge in [-0.15, -0.1) is 0 Å². The van der Waals surface area contributed by atoms with Crippen LogP contribution in [-0.4, -0.2) is 46.0 Å². The van der Waals surface area contributed by atoms with Gasteiger partial charge in [-0.05, 0) is 26.0 Å². The number of hydrogen-bond acceptors (Lipinski definition) is 6. The van der Waals surface area contributed by atoms with Crippen LogP contribution in [0, 0.1) is 0 Å². The van der Waals surface area contributed by atoms with Crippen LogP contribution in [0.4, 0.5) is 0 Å². The zero-order valence-electron chi connectivity index (χ0n) is 13.3. The molecule has 6 nitrogen and oxygen atoms in total. The first-order valence-electron chi connectivity index (χ1n) is 7.33. The second-order valence-electron chi connectivity index (χ2n) is 4.72. The first-order valence-corrected chi connectivity index (χ1v) is 8.56. The van der Waals surface area contributed by atoms with E-state index in [0.29, 0.717) is 39.4 Å². The average Bonchev–Trinajstić information content (AvgIpc) is 2.80. The summed E-state index contributed by atoms with van der Waals surface area (Å²) in [5, 5.41) is 8.85. The Kier molecular flexibility index (Phi) is 6.22. The third kappa shape index (κ3) is 4.07. The molecule has 128 valence electrons. The number of nitrogens with zero attached hydrogens (tertiary/aromatic N) is 1. The van der Waals surface area contributed by atoms with Gasteiger partial charge in [0.2, 0.25) is 0 Å². The van der Waals surface area contributed by atoms with E-state index in [0.717, 1.165) is 0 Å². The highest BCUT2D eigenvalue weighted by Gasteiger charge is 2.31. The Labute approximate surface area is 149 Å². The number of rotatable bonds is 7. The molecule has 0 spiro atoms. The van der Waals surface area contributed by atoms with Gasteiger partial charge < -0.3 is 14.6 Å². The summed E-state index contributed by atoms with van der Waals surface area (Å²) >= 11 is 6.40. The van der Waals surface area contributed by atoms with Crippen molar-refractivity contribution < 1.29 is 24.2 Å². The smallest absolute Gasteiger partial charge is 0.341 e. The number of amides is 1. The summed E-state index contributed by atoms with van der Waals surface area (Å²) < 4.78 is 11.4. The Morgan fingerprint density at radius 2 is 2.12 bits per heavy atom. The molecule has 8 heteroatoms. The van der Waals surface area contributed by atoms with E-state index >= 15 is 0 Å². The number of carboxylic acids is 1. The van der Waals surface area contributed by atoms with Gasteiger partial charge in [-0.3, -0.25) is 9.69 Å². The quantitative estimate of drug-likeness (QED) is 0.586. The van der Waals surface area contributed by atoms with Crippen molar-refractivity contribution in [1.29, 1.82) is 0 Å². The first-order chi connectivity index (χ1) is 11.5. The van der Waals surface area contributed by atoms with Gasteiger partial charge in [0.25, 0.3) is 5.91 Å². The maximum absolute atomic E-state index is 12.3. The minimum absolute atomic E-state index is 0.168. The Morgan fingerprint density at radius 3 is 2.71 bits per heavy atom. The van der Waals surface area contributed by atoms with Gasteiger partial charge >= 0.3 is 5.97 Å². The number of benzene rings is 1. The van der Waals surface area contributed by atoms with Crippen LogP contribution in [0.1, 0.15) is 19.4 Å². The number of carbonyl (C=O) groups excluding carboxylic acids is 1. The number of likely N-dealkylation sites (N-methyl/N-ethyl adjacent to an activating group) is 1. The third-order valence-electron chi connectivity index (χ3n) is 3.13. The molecule has 1 N–H and O–H groups in total. The van der Waals surface area contributed by atoms with Crippen molar-refractivity contribution in [3.05, 3.63) is 28.7 Å². The van der Waals surface area contributed by atoms with Crippen molar-refractivity contribution in [2.24, 2.45) is 0 Å². The van der Waals surface area contributed by atoms with Gasteiger partial charge in [0.15, 0.2) is 18.1 Å². The Hall–Kier alpha value is -2.06. The second kappa shape index (κ2) is 8.16. The van der Waals surface area contributed by atoms with Crippen molar-refractivity contribution >= 4 is 46.3 Å². The molecule has 1 aromatic carbocycles. The zero-order valence-corrected chi connectivity index (χ0v) is 14.9. The standard InChI is InChI=1S/C16H17NO5S2/c1-3-17-15(20)12(24-16(17)23)8-10-6-5-7-11(21-4-2)14(10)22-9-13(18)19/h5-8H,3-4,9H2,1-2H3,(H,18,19)/b12-8+. The van der Waals surface area contributed by atoms with E-state index in [9.17, 15) is 9.59 Å². The van der Waals surface area contributed by atoms with Crippen molar-refractivity contribution in [3.8, 4) is 11.5 Å². The van der Waals surface area contributed by atoms with E-state index in [2.05, 4.69) is 0 Å². The predicted octanol–water partition coefficient (Wildman–Crippen LogP) is 2.77. The minimum Gasteiger partial charge on any atom is -0.490 e. The van der Waals surface area contributed by atoms with Crippen LogP contribution in [0.2, 0.25) is 0 Å². The lowest BCUT2D eigenvalue weighted by Gasteiger charge is -2.13. The lowest BCUT2D eigenvalue weighted by atomic mass is 10.1. The summed E-state index contributed by atoms with van der Waals surface area (Å²) in [6, 6.07) is 5.18. The normalized spacial score (nSPS) is 15.9. The van der Waals surface area contributed by atoms with Crippen molar-refractivity contribution in [2.75, 3.05) is 19.8 Å². The molecule has 0 saturated carbocycles. The molecule has 1 saturated heterocycles. The molecule has 24 heavy (non-hydrogen) atoms. The summed E-state index contributed by atoms with van der Waals surface area (Å²) in [4.78, 5) is 25.1. The molecule has 0 aromatic heterocycles. The lowest BCUT2D eigenvalue weighted by molar-refractivity contribution is -0.139. The summed E-state index contributed by atoms with van der Waals surface area (Å²) in [6.45, 7) is 4.08. The van der Waals surface area contributed by atoms with E-state index in [1.165, 1.54) is 16.7 Å². The van der Waals surface area contributed by atoms with Crippen LogP contribution in [0.15, 0.2) is 23.1 Å². The number of ether oxygens (including phenoxy) is 2. The number of thiocarbonyl (C=S) groups is 1. The molecule has 1 fully saturated rings. The largest absolute Gasteiger partial charge is 0.490 e. The Balaban J connectivity index is 2.40. The van der Waals surface area contributed by atoms with Gasteiger partial charge in [0.05, 0.1) is 11.5 Å². The Bertz CT molecular complexity index is 702. The van der Waals surface area contributed by atoms with E-state index in [1.54, 1.807) is 24.3 Å². The van der Waals surface area contributed by atoms with Crippen molar-refractivity contribution in [2.45, 2.75) is 13.8 Å². The monoisotopic (exact) mass is 367 g/mol. The SMILES string of the molecule is CCOc1cccc(/C=C2/SC(=S)N(CC)C2=O)c1OCC(=O)O. The van der Waals surface area contributed by atoms with Gasteiger partial charge in [-0.1, -0.05) is 36.1 Å². The molecule has 1 aromatic rings. The molecule has 0 unspecified atom stereocenters. The van der Waals surface area contributed by atoms with Crippen LogP contribution >= 0.6 is 24.0 Å². The molecule has 0 radical (unpaired) electrons. The molecule has 1 aliphatic heterocycles. The van der Waals surface area contributed by atoms with Gasteiger partial charge in [-0.2, -0.15) is 0 Å². The van der Waals surface area contributed by atoms with E-state index in [4.69, 9.17) is 26.8 Å². The molecule has 1 heterocycles. The molecular weight excluding hydrogens is 350 g/mol. The van der Waals surface area contributed by atoms with Gasteiger partial charge in [0.1, 0.15) is 4.32 Å².